The summed E-state index contributed by atoms with van der Waals surface area (Å²) >= 11 is 1.61. The number of nitrogens with two attached hydrogens (primary N) is 1. The Morgan fingerprint density at radius 1 is 1.19 bits per heavy atom. The first-order valence-electron chi connectivity index (χ1n) is 6.63. The summed E-state index contributed by atoms with van der Waals surface area (Å²) in [5.41, 5.74) is 6.39. The van der Waals surface area contributed by atoms with Crippen LogP contribution in [-0.4, -0.2) is 11.1 Å². The molecule has 0 unspecified atom stereocenters. The third kappa shape index (κ3) is 2.75. The fraction of sp³-hybridized carbons (Fsp3) is 0.118. The Bertz CT molecular complexity index is 896. The summed E-state index contributed by atoms with van der Waals surface area (Å²) in [4.78, 5) is 13.6. The van der Waals surface area contributed by atoms with Crippen LogP contribution in [-0.2, 0) is 6.54 Å². The molecule has 3 nitrogen and oxygen atoms in total. The predicted molar refractivity (Wildman–Crippen MR) is 87.6 cm³/mol. The van der Waals surface area contributed by atoms with Gasteiger partial charge in [0, 0.05) is 22.0 Å². The van der Waals surface area contributed by atoms with E-state index in [-0.39, 0.29) is 5.56 Å². The molecule has 104 valence electrons. The van der Waals surface area contributed by atoms with Crippen molar-refractivity contribution in [1.82, 2.24) is 4.57 Å². The van der Waals surface area contributed by atoms with Crippen LogP contribution in [0.3, 0.4) is 0 Å². The Balaban J connectivity index is 2.01. The third-order valence-electron chi connectivity index (χ3n) is 3.27. The SMILES string of the molecule is NCC#Cc1ccsc1Cn1ccc2ccccc2c1=O. The van der Waals surface area contributed by atoms with E-state index in [1.165, 1.54) is 0 Å². The highest BCUT2D eigenvalue weighted by atomic mass is 32.1. The zero-order chi connectivity index (χ0) is 14.7. The first kappa shape index (κ1) is 13.6. The Labute approximate surface area is 126 Å². The molecule has 0 aliphatic rings. The molecule has 4 heteroatoms. The quantitative estimate of drug-likeness (QED) is 0.738. The van der Waals surface area contributed by atoms with E-state index in [2.05, 4.69) is 11.8 Å². The van der Waals surface area contributed by atoms with E-state index in [0.29, 0.717) is 13.1 Å². The fourth-order valence-electron chi connectivity index (χ4n) is 2.23. The molecule has 0 spiro atoms. The topological polar surface area (TPSA) is 48.0 Å². The Kier molecular flexibility index (Phi) is 3.87. The molecule has 2 N–H and O–H groups in total. The number of hydrogen-bond acceptors (Lipinski definition) is 3. The number of benzene rings is 1. The van der Waals surface area contributed by atoms with Gasteiger partial charge in [0.15, 0.2) is 0 Å². The van der Waals surface area contributed by atoms with E-state index in [1.807, 2.05) is 48.0 Å². The van der Waals surface area contributed by atoms with Crippen LogP contribution in [0.4, 0.5) is 0 Å². The molecule has 1 aromatic carbocycles. The summed E-state index contributed by atoms with van der Waals surface area (Å²) < 4.78 is 1.72. The first-order valence-corrected chi connectivity index (χ1v) is 7.51. The molecule has 0 saturated carbocycles. The molecule has 2 aromatic heterocycles. The van der Waals surface area contributed by atoms with E-state index < -0.39 is 0 Å². The van der Waals surface area contributed by atoms with Crippen LogP contribution < -0.4 is 11.3 Å². The average Bonchev–Trinajstić information content (AvgIpc) is 2.95. The third-order valence-corrected chi connectivity index (χ3v) is 4.18. The standard InChI is InChI=1S/C17H14N2OS/c18-9-3-5-14-8-11-21-16(14)12-19-10-7-13-4-1-2-6-15(13)17(19)20/h1-2,4,6-8,10-11H,9,12,18H2. The smallest absolute Gasteiger partial charge is 0.258 e. The number of thiophene rings is 1. The van der Waals surface area contributed by atoms with Crippen LogP contribution in [0.1, 0.15) is 10.4 Å². The van der Waals surface area contributed by atoms with Crippen LogP contribution in [0, 0.1) is 11.8 Å². The molecule has 3 aromatic rings. The van der Waals surface area contributed by atoms with Crippen molar-refractivity contribution in [3.8, 4) is 11.8 Å². The van der Waals surface area contributed by atoms with Crippen LogP contribution >= 0.6 is 11.3 Å². The molecule has 0 atom stereocenters. The van der Waals surface area contributed by atoms with Gasteiger partial charge in [0.25, 0.3) is 5.56 Å². The normalized spacial score (nSPS) is 10.3. The second-order valence-corrected chi connectivity index (χ2v) is 5.60. The van der Waals surface area contributed by atoms with Gasteiger partial charge in [-0.3, -0.25) is 4.79 Å². The zero-order valence-electron chi connectivity index (χ0n) is 11.4. The van der Waals surface area contributed by atoms with Gasteiger partial charge in [0.05, 0.1) is 13.1 Å². The van der Waals surface area contributed by atoms with Crippen molar-refractivity contribution in [2.45, 2.75) is 6.54 Å². The summed E-state index contributed by atoms with van der Waals surface area (Å²) in [6.07, 6.45) is 1.84. The van der Waals surface area contributed by atoms with Gasteiger partial charge >= 0.3 is 0 Å². The molecule has 2 heterocycles. The lowest BCUT2D eigenvalue weighted by Crippen LogP contribution is -2.19. The van der Waals surface area contributed by atoms with Gasteiger partial charge in [-0.25, -0.2) is 0 Å². The van der Waals surface area contributed by atoms with Crippen molar-refractivity contribution >= 4 is 22.1 Å². The second kappa shape index (κ2) is 5.96. The number of hydrogen-bond donors (Lipinski definition) is 1. The van der Waals surface area contributed by atoms with Gasteiger partial charge in [-0.2, -0.15) is 0 Å². The van der Waals surface area contributed by atoms with Gasteiger partial charge in [-0.1, -0.05) is 30.0 Å². The Hall–Kier alpha value is -2.35. The zero-order valence-corrected chi connectivity index (χ0v) is 12.2. The van der Waals surface area contributed by atoms with Crippen molar-refractivity contribution in [2.75, 3.05) is 6.54 Å². The van der Waals surface area contributed by atoms with Crippen LogP contribution in [0.25, 0.3) is 10.8 Å². The van der Waals surface area contributed by atoms with Gasteiger partial charge in [0.2, 0.25) is 0 Å². The summed E-state index contributed by atoms with van der Waals surface area (Å²) in [5.74, 6) is 5.91. The van der Waals surface area contributed by atoms with Crippen LogP contribution in [0.15, 0.2) is 52.8 Å². The number of pyridine rings is 1. The minimum Gasteiger partial charge on any atom is -0.320 e. The molecule has 3 rings (SSSR count). The van der Waals surface area contributed by atoms with E-state index >= 15 is 0 Å². The highest BCUT2D eigenvalue weighted by molar-refractivity contribution is 7.10. The Morgan fingerprint density at radius 2 is 2.05 bits per heavy atom. The maximum Gasteiger partial charge on any atom is 0.258 e. The van der Waals surface area contributed by atoms with Crippen molar-refractivity contribution < 1.29 is 0 Å². The summed E-state index contributed by atoms with van der Waals surface area (Å²) in [6.45, 7) is 0.876. The maximum absolute atomic E-state index is 12.5. The molecule has 0 radical (unpaired) electrons. The van der Waals surface area contributed by atoms with E-state index in [1.54, 1.807) is 15.9 Å². The monoisotopic (exact) mass is 294 g/mol. The molecule has 0 fully saturated rings. The van der Waals surface area contributed by atoms with Crippen molar-refractivity contribution in [2.24, 2.45) is 5.73 Å². The fourth-order valence-corrected chi connectivity index (χ4v) is 3.06. The summed E-state index contributed by atoms with van der Waals surface area (Å²) in [7, 11) is 0. The molecular formula is C17H14N2OS. The minimum atomic E-state index is 0.0271. The van der Waals surface area contributed by atoms with Gasteiger partial charge in [0.1, 0.15) is 0 Å². The lowest BCUT2D eigenvalue weighted by atomic mass is 10.2. The predicted octanol–water partition coefficient (Wildman–Crippen LogP) is 2.42. The number of rotatable bonds is 2. The molecule has 0 bridgehead atoms. The Morgan fingerprint density at radius 3 is 2.90 bits per heavy atom. The molecule has 21 heavy (non-hydrogen) atoms. The maximum atomic E-state index is 12.5. The molecule has 0 amide bonds. The largest absolute Gasteiger partial charge is 0.320 e. The lowest BCUT2D eigenvalue weighted by Gasteiger charge is -2.06. The van der Waals surface area contributed by atoms with E-state index in [4.69, 9.17) is 5.73 Å². The summed E-state index contributed by atoms with van der Waals surface area (Å²) in [6, 6.07) is 11.6. The molecule has 0 aliphatic carbocycles. The van der Waals surface area contributed by atoms with E-state index in [0.717, 1.165) is 21.2 Å². The highest BCUT2D eigenvalue weighted by Crippen LogP contribution is 2.17. The van der Waals surface area contributed by atoms with Gasteiger partial charge in [-0.15, -0.1) is 11.3 Å². The average molecular weight is 294 g/mol. The second-order valence-electron chi connectivity index (χ2n) is 4.60. The van der Waals surface area contributed by atoms with Crippen molar-refractivity contribution in [3.63, 3.8) is 0 Å². The molecule has 0 aliphatic heterocycles. The van der Waals surface area contributed by atoms with Crippen LogP contribution in [0.2, 0.25) is 0 Å². The first-order chi connectivity index (χ1) is 10.3. The summed E-state index contributed by atoms with van der Waals surface area (Å²) in [5, 5.41) is 3.70. The molecular weight excluding hydrogens is 280 g/mol. The van der Waals surface area contributed by atoms with Crippen LogP contribution in [0.5, 0.6) is 0 Å². The minimum absolute atomic E-state index is 0.0271. The molecule has 0 saturated heterocycles. The number of fused-ring (bicyclic) bond motifs is 1. The van der Waals surface area contributed by atoms with Crippen molar-refractivity contribution in [3.05, 3.63) is 68.8 Å². The van der Waals surface area contributed by atoms with Gasteiger partial charge in [-0.05, 0) is 29.0 Å². The number of aromatic nitrogens is 1. The van der Waals surface area contributed by atoms with Crippen molar-refractivity contribution in [1.29, 1.82) is 0 Å². The number of nitrogens with zero attached hydrogens (tertiary/aromatic N) is 1. The van der Waals surface area contributed by atoms with Gasteiger partial charge < -0.3 is 10.3 Å². The van der Waals surface area contributed by atoms with E-state index in [9.17, 15) is 4.79 Å². The lowest BCUT2D eigenvalue weighted by molar-refractivity contribution is 0.778. The highest BCUT2D eigenvalue weighted by Gasteiger charge is 2.06.